The molecular formula is C27H24ClN9. The molecule has 0 aliphatic heterocycles. The summed E-state index contributed by atoms with van der Waals surface area (Å²) in [5.74, 6) is 1.41. The van der Waals surface area contributed by atoms with Crippen LogP contribution >= 0.6 is 11.6 Å². The summed E-state index contributed by atoms with van der Waals surface area (Å²) in [6.45, 7) is 14.4. The molecule has 0 saturated carbocycles. The maximum absolute atomic E-state index is 7.00. The summed E-state index contributed by atoms with van der Waals surface area (Å²) in [6, 6.07) is 9.35. The second kappa shape index (κ2) is 11.8. The fraction of sp³-hybridized carbons (Fsp3) is 0.185. The quantitative estimate of drug-likeness (QED) is 0.230. The number of allylic oxidation sites excluding steroid dienone is 1. The molecule has 5 aromatic heterocycles. The summed E-state index contributed by atoms with van der Waals surface area (Å²) in [4.78, 5) is 23.4. The molecule has 0 fully saturated rings. The summed E-state index contributed by atoms with van der Waals surface area (Å²) in [5, 5.41) is 1.04. The number of fused-ring (bicyclic) bond motifs is 2. The number of hydrogen-bond donors (Lipinski definition) is 0. The van der Waals surface area contributed by atoms with Crippen LogP contribution in [0.15, 0.2) is 67.7 Å². The molecule has 1 aliphatic carbocycles. The SMILES string of the molecule is Cn1cnc(CCl)c1.[C-]#[N+]c1ccc2c(n1)CC=C2.[C-]#[N+]c1ccc2ccn(Cc3cn(C)cn3)c2n1. The molecule has 0 spiro atoms. The molecule has 184 valence electrons. The van der Waals surface area contributed by atoms with Gasteiger partial charge < -0.3 is 23.4 Å². The average Bonchev–Trinajstić information content (AvgIpc) is 3.72. The fourth-order valence-electron chi connectivity index (χ4n) is 3.67. The van der Waals surface area contributed by atoms with Gasteiger partial charge in [-0.2, -0.15) is 0 Å². The minimum Gasteiger partial charge on any atom is -0.361 e. The highest BCUT2D eigenvalue weighted by atomic mass is 35.5. The van der Waals surface area contributed by atoms with Gasteiger partial charge in [-0.05, 0) is 18.2 Å². The van der Waals surface area contributed by atoms with E-state index in [2.05, 4.69) is 35.7 Å². The number of aromatic nitrogens is 7. The molecule has 9 nitrogen and oxygen atoms in total. The van der Waals surface area contributed by atoms with Crippen molar-refractivity contribution in [1.82, 2.24) is 33.6 Å². The van der Waals surface area contributed by atoms with Crippen molar-refractivity contribution in [1.29, 1.82) is 0 Å². The van der Waals surface area contributed by atoms with E-state index in [0.717, 1.165) is 40.1 Å². The zero-order valence-corrected chi connectivity index (χ0v) is 21.2. The number of halogens is 1. The summed E-state index contributed by atoms with van der Waals surface area (Å²) >= 11 is 5.46. The van der Waals surface area contributed by atoms with Gasteiger partial charge in [0.2, 0.25) is 5.65 Å². The Morgan fingerprint density at radius 3 is 2.19 bits per heavy atom. The molecule has 0 bridgehead atoms. The normalized spacial score (nSPS) is 11.1. The molecule has 0 radical (unpaired) electrons. The van der Waals surface area contributed by atoms with Crippen molar-refractivity contribution in [3.8, 4) is 0 Å². The highest BCUT2D eigenvalue weighted by Gasteiger charge is 2.10. The van der Waals surface area contributed by atoms with E-state index in [9.17, 15) is 0 Å². The van der Waals surface area contributed by atoms with Gasteiger partial charge in [0.25, 0.3) is 11.6 Å². The Morgan fingerprint density at radius 2 is 1.57 bits per heavy atom. The molecule has 0 N–H and O–H groups in total. The van der Waals surface area contributed by atoms with Crippen LogP contribution < -0.4 is 0 Å². The maximum Gasteiger partial charge on any atom is 0.271 e. The topological polar surface area (TPSA) is 75.1 Å². The average molecular weight is 510 g/mol. The van der Waals surface area contributed by atoms with Crippen molar-refractivity contribution in [2.75, 3.05) is 0 Å². The molecule has 0 atom stereocenters. The molecule has 0 saturated heterocycles. The van der Waals surface area contributed by atoms with Crippen molar-refractivity contribution in [3.63, 3.8) is 0 Å². The lowest BCUT2D eigenvalue weighted by Crippen LogP contribution is -1.99. The van der Waals surface area contributed by atoms with Gasteiger partial charge in [-0.1, -0.05) is 37.4 Å². The summed E-state index contributed by atoms with van der Waals surface area (Å²) in [5.41, 5.74) is 4.91. The number of pyridine rings is 2. The first-order chi connectivity index (χ1) is 18.0. The van der Waals surface area contributed by atoms with Crippen molar-refractivity contribution in [3.05, 3.63) is 113 Å². The Bertz CT molecular complexity index is 1630. The Labute approximate surface area is 220 Å². The van der Waals surface area contributed by atoms with Crippen LogP contribution in [0.5, 0.6) is 0 Å². The smallest absolute Gasteiger partial charge is 0.271 e. The van der Waals surface area contributed by atoms with E-state index in [-0.39, 0.29) is 0 Å². The minimum atomic E-state index is 0.420. The first-order valence-electron chi connectivity index (χ1n) is 11.4. The number of rotatable bonds is 3. The number of aryl methyl sites for hydroxylation is 2. The van der Waals surface area contributed by atoms with Gasteiger partial charge in [0.1, 0.15) is 5.69 Å². The Balaban J connectivity index is 0.000000143. The lowest BCUT2D eigenvalue weighted by Gasteiger charge is -1.99. The lowest BCUT2D eigenvalue weighted by atomic mass is 10.2. The summed E-state index contributed by atoms with van der Waals surface area (Å²) in [7, 11) is 3.86. The van der Waals surface area contributed by atoms with E-state index in [1.807, 2.05) is 70.7 Å². The number of nitrogens with zero attached hydrogens (tertiary/aromatic N) is 9. The molecule has 1 aliphatic rings. The van der Waals surface area contributed by atoms with Gasteiger partial charge in [0.05, 0.1) is 36.5 Å². The van der Waals surface area contributed by atoms with Gasteiger partial charge in [-0.15, -0.1) is 21.6 Å². The van der Waals surface area contributed by atoms with E-state index >= 15 is 0 Å². The third-order valence-electron chi connectivity index (χ3n) is 5.42. The Hall–Kier alpha value is -4.73. The van der Waals surface area contributed by atoms with Crippen LogP contribution in [0.3, 0.4) is 0 Å². The lowest BCUT2D eigenvalue weighted by molar-refractivity contribution is 0.803. The predicted molar refractivity (Wildman–Crippen MR) is 144 cm³/mol. The predicted octanol–water partition coefficient (Wildman–Crippen LogP) is 5.73. The van der Waals surface area contributed by atoms with Gasteiger partial charge in [-0.25, -0.2) is 9.97 Å². The molecule has 5 heterocycles. The second-order valence-electron chi connectivity index (χ2n) is 8.26. The van der Waals surface area contributed by atoms with Crippen molar-refractivity contribution >= 4 is 40.3 Å². The Kier molecular flexibility index (Phi) is 8.09. The largest absolute Gasteiger partial charge is 0.361 e. The van der Waals surface area contributed by atoms with E-state index < -0.39 is 0 Å². The third kappa shape index (κ3) is 6.49. The molecule has 37 heavy (non-hydrogen) atoms. The van der Waals surface area contributed by atoms with Crippen LogP contribution in [-0.2, 0) is 32.9 Å². The van der Waals surface area contributed by atoms with Gasteiger partial charge in [-0.3, -0.25) is 0 Å². The highest BCUT2D eigenvalue weighted by molar-refractivity contribution is 6.16. The molecule has 5 aromatic rings. The van der Waals surface area contributed by atoms with Gasteiger partial charge in [0, 0.05) is 50.1 Å². The first kappa shape index (κ1) is 25.4. The number of alkyl halides is 1. The molecule has 6 rings (SSSR count). The van der Waals surface area contributed by atoms with E-state index in [4.69, 9.17) is 24.7 Å². The number of imidazole rings is 2. The molecule has 10 heteroatoms. The van der Waals surface area contributed by atoms with Crippen molar-refractivity contribution in [2.45, 2.75) is 18.8 Å². The summed E-state index contributed by atoms with van der Waals surface area (Å²) in [6.07, 6.45) is 14.3. The van der Waals surface area contributed by atoms with E-state index in [1.165, 1.54) is 0 Å². The van der Waals surface area contributed by atoms with Crippen molar-refractivity contribution < 1.29 is 0 Å². The number of hydrogen-bond acceptors (Lipinski definition) is 4. The summed E-state index contributed by atoms with van der Waals surface area (Å²) < 4.78 is 5.79. The Morgan fingerprint density at radius 1 is 0.892 bits per heavy atom. The zero-order chi connectivity index (χ0) is 26.2. The second-order valence-corrected chi connectivity index (χ2v) is 8.52. The minimum absolute atomic E-state index is 0.420. The van der Waals surface area contributed by atoms with Crippen LogP contribution in [-0.4, -0.2) is 33.6 Å². The molecule has 0 amide bonds. The zero-order valence-electron chi connectivity index (χ0n) is 20.5. The molecule has 0 unspecified atom stereocenters. The van der Waals surface area contributed by atoms with Gasteiger partial charge >= 0.3 is 0 Å². The van der Waals surface area contributed by atoms with Crippen LogP contribution in [0.1, 0.15) is 22.6 Å². The highest BCUT2D eigenvalue weighted by Crippen LogP contribution is 2.20. The van der Waals surface area contributed by atoms with Gasteiger partial charge in [0.15, 0.2) is 0 Å². The van der Waals surface area contributed by atoms with E-state index in [0.29, 0.717) is 24.1 Å². The first-order valence-corrected chi connectivity index (χ1v) is 11.9. The van der Waals surface area contributed by atoms with E-state index in [1.54, 1.807) is 24.8 Å². The maximum atomic E-state index is 7.00. The van der Waals surface area contributed by atoms with Crippen LogP contribution in [0.4, 0.5) is 11.6 Å². The molecule has 0 aromatic carbocycles. The van der Waals surface area contributed by atoms with Crippen LogP contribution in [0.2, 0.25) is 0 Å². The van der Waals surface area contributed by atoms with Crippen molar-refractivity contribution in [2.24, 2.45) is 14.1 Å². The molecular weight excluding hydrogens is 486 g/mol. The fourth-order valence-corrected chi connectivity index (χ4v) is 3.81. The standard InChI is InChI=1S/C13H11N5.C9H6N2.C5H7ClN2/c1-14-12-4-3-10-5-6-18(13(10)16-12)8-11-7-17(2)9-15-11;1-10-9-6-5-7-3-2-4-8(7)11-9;1-8-3-5(2-6)7-4-8/h3-7,9H,8H2,2H3;2-3,5-6H,4H2;3-4H,2H2,1H3. The van der Waals surface area contributed by atoms with Crippen LogP contribution in [0.25, 0.3) is 26.8 Å². The van der Waals surface area contributed by atoms with Crippen LogP contribution in [0, 0.1) is 13.1 Å². The monoisotopic (exact) mass is 509 g/mol. The third-order valence-corrected chi connectivity index (χ3v) is 5.69.